The summed E-state index contributed by atoms with van der Waals surface area (Å²) in [5.41, 5.74) is 1.46. The van der Waals surface area contributed by atoms with E-state index in [9.17, 15) is 14.9 Å². The Hall–Kier alpha value is -2.35. The van der Waals surface area contributed by atoms with Gasteiger partial charge in [-0.15, -0.1) is 0 Å². The molecule has 0 heterocycles. The molecule has 0 radical (unpaired) electrons. The largest absolute Gasteiger partial charge is 0.355 e. The van der Waals surface area contributed by atoms with Crippen LogP contribution in [-0.2, 0) is 4.79 Å². The van der Waals surface area contributed by atoms with Crippen LogP contribution in [0.5, 0.6) is 0 Å². The summed E-state index contributed by atoms with van der Waals surface area (Å²) in [6, 6.07) is 4.74. The van der Waals surface area contributed by atoms with E-state index in [1.165, 1.54) is 19.1 Å². The molecule has 0 spiro atoms. The Balaban J connectivity index is 2.70. The van der Waals surface area contributed by atoms with Crippen molar-refractivity contribution in [1.29, 1.82) is 0 Å². The first kappa shape index (κ1) is 13.7. The molecule has 5 nitrogen and oxygen atoms in total. The molecule has 94 valence electrons. The van der Waals surface area contributed by atoms with Gasteiger partial charge in [-0.2, -0.15) is 0 Å². The molecule has 0 bridgehead atoms. The minimum atomic E-state index is -0.435. The molecular formula is C13H14N2O3. The van der Waals surface area contributed by atoms with E-state index in [1.54, 1.807) is 13.0 Å². The monoisotopic (exact) mass is 246 g/mol. The highest BCUT2D eigenvalue weighted by Crippen LogP contribution is 2.15. The Bertz CT molecular complexity index is 527. The fourth-order valence-electron chi connectivity index (χ4n) is 1.41. The Morgan fingerprint density at radius 2 is 2.17 bits per heavy atom. The third-order valence-corrected chi connectivity index (χ3v) is 2.13. The van der Waals surface area contributed by atoms with E-state index < -0.39 is 4.92 Å². The normalized spacial score (nSPS) is 9.22. The molecule has 18 heavy (non-hydrogen) atoms. The predicted octanol–water partition coefficient (Wildman–Crippen LogP) is 1.78. The molecule has 1 rings (SSSR count). The van der Waals surface area contributed by atoms with Crippen molar-refractivity contribution in [2.24, 2.45) is 0 Å². The van der Waals surface area contributed by atoms with E-state index in [0.717, 1.165) is 5.56 Å². The fraction of sp³-hybridized carbons (Fsp3) is 0.308. The van der Waals surface area contributed by atoms with Crippen LogP contribution in [0.3, 0.4) is 0 Å². The van der Waals surface area contributed by atoms with Crippen molar-refractivity contribution in [3.63, 3.8) is 0 Å². The van der Waals surface area contributed by atoms with Crippen LogP contribution in [0.2, 0.25) is 0 Å². The molecule has 0 saturated heterocycles. The molecule has 1 aromatic rings. The van der Waals surface area contributed by atoms with Gasteiger partial charge in [-0.05, 0) is 18.6 Å². The number of carbonyl (C=O) groups is 1. The van der Waals surface area contributed by atoms with Gasteiger partial charge in [0.25, 0.3) is 5.69 Å². The summed E-state index contributed by atoms with van der Waals surface area (Å²) in [5.74, 6) is 5.62. The highest BCUT2D eigenvalue weighted by atomic mass is 16.6. The molecule has 1 amide bonds. The summed E-state index contributed by atoms with van der Waals surface area (Å²) in [7, 11) is 0. The van der Waals surface area contributed by atoms with Gasteiger partial charge < -0.3 is 5.32 Å². The zero-order valence-electron chi connectivity index (χ0n) is 10.3. The number of rotatable bonds is 3. The van der Waals surface area contributed by atoms with Crippen LogP contribution < -0.4 is 5.32 Å². The second-order valence-corrected chi connectivity index (χ2v) is 3.85. The van der Waals surface area contributed by atoms with Gasteiger partial charge in [0.2, 0.25) is 5.91 Å². The minimum Gasteiger partial charge on any atom is -0.355 e. The van der Waals surface area contributed by atoms with Gasteiger partial charge in [-0.1, -0.05) is 11.8 Å². The van der Waals surface area contributed by atoms with Crippen molar-refractivity contribution in [1.82, 2.24) is 5.32 Å². The van der Waals surface area contributed by atoms with Crippen LogP contribution in [0.15, 0.2) is 18.2 Å². The number of benzene rings is 1. The van der Waals surface area contributed by atoms with Crippen LogP contribution in [0.4, 0.5) is 5.69 Å². The molecule has 0 saturated carbocycles. The van der Waals surface area contributed by atoms with Crippen LogP contribution in [0.1, 0.15) is 24.5 Å². The number of aryl methyl sites for hydroxylation is 1. The van der Waals surface area contributed by atoms with E-state index in [2.05, 4.69) is 17.2 Å². The molecule has 0 aromatic heterocycles. The summed E-state index contributed by atoms with van der Waals surface area (Å²) >= 11 is 0. The Morgan fingerprint density at radius 1 is 1.44 bits per heavy atom. The molecule has 0 aliphatic rings. The first-order valence-corrected chi connectivity index (χ1v) is 5.48. The van der Waals surface area contributed by atoms with E-state index in [1.807, 2.05) is 0 Å². The first-order valence-electron chi connectivity index (χ1n) is 5.48. The van der Waals surface area contributed by atoms with Crippen molar-refractivity contribution in [2.75, 3.05) is 6.54 Å². The van der Waals surface area contributed by atoms with Crippen LogP contribution in [-0.4, -0.2) is 17.4 Å². The molecule has 0 atom stereocenters. The first-order chi connectivity index (χ1) is 8.49. The van der Waals surface area contributed by atoms with Crippen molar-refractivity contribution < 1.29 is 9.72 Å². The Labute approximate surface area is 105 Å². The van der Waals surface area contributed by atoms with Gasteiger partial charge in [0.1, 0.15) is 0 Å². The third-order valence-electron chi connectivity index (χ3n) is 2.13. The van der Waals surface area contributed by atoms with Gasteiger partial charge in [-0.3, -0.25) is 14.9 Å². The molecule has 1 aromatic carbocycles. The van der Waals surface area contributed by atoms with E-state index in [0.29, 0.717) is 18.5 Å². The lowest BCUT2D eigenvalue weighted by molar-refractivity contribution is -0.384. The minimum absolute atomic E-state index is 0.0427. The Morgan fingerprint density at radius 3 is 2.78 bits per heavy atom. The number of nitrogens with zero attached hydrogens (tertiary/aromatic N) is 1. The van der Waals surface area contributed by atoms with Crippen molar-refractivity contribution >= 4 is 11.6 Å². The molecule has 0 aliphatic heterocycles. The van der Waals surface area contributed by atoms with Gasteiger partial charge in [-0.25, -0.2) is 0 Å². The maximum Gasteiger partial charge on any atom is 0.270 e. The third kappa shape index (κ3) is 4.66. The number of carbonyl (C=O) groups excluding carboxylic acids is 1. The van der Waals surface area contributed by atoms with Gasteiger partial charge in [0, 0.05) is 37.6 Å². The smallest absolute Gasteiger partial charge is 0.270 e. The number of hydrogen-bond donors (Lipinski definition) is 1. The number of nitrogens with one attached hydrogen (secondary N) is 1. The molecule has 0 fully saturated rings. The van der Waals surface area contributed by atoms with E-state index >= 15 is 0 Å². The zero-order chi connectivity index (χ0) is 13.5. The average Bonchev–Trinajstić information content (AvgIpc) is 2.27. The van der Waals surface area contributed by atoms with Crippen molar-refractivity contribution in [2.45, 2.75) is 20.3 Å². The highest BCUT2D eigenvalue weighted by Gasteiger charge is 2.06. The number of nitro benzene ring substituents is 1. The molecule has 0 unspecified atom stereocenters. The summed E-state index contributed by atoms with van der Waals surface area (Å²) in [5, 5.41) is 13.3. The highest BCUT2D eigenvalue weighted by molar-refractivity contribution is 5.72. The van der Waals surface area contributed by atoms with Crippen LogP contribution >= 0.6 is 0 Å². The topological polar surface area (TPSA) is 72.2 Å². The number of amides is 1. The number of nitro groups is 1. The standard InChI is InChI=1S/C13H14N2O3/c1-10-7-12(9-13(8-10)15(17)18)5-3-4-6-14-11(2)16/h7-9H,4,6H2,1-2H3,(H,14,16). The summed E-state index contributed by atoms with van der Waals surface area (Å²) < 4.78 is 0. The molecule has 0 aliphatic carbocycles. The SMILES string of the molecule is CC(=O)NCCC#Cc1cc(C)cc([N+](=O)[O-])c1. The number of non-ortho nitro benzene ring substituents is 1. The second-order valence-electron chi connectivity index (χ2n) is 3.85. The zero-order valence-corrected chi connectivity index (χ0v) is 10.3. The summed E-state index contributed by atoms with van der Waals surface area (Å²) in [6.07, 6.45) is 0.515. The van der Waals surface area contributed by atoms with Crippen LogP contribution in [0, 0.1) is 28.9 Å². The van der Waals surface area contributed by atoms with Gasteiger partial charge in [0.15, 0.2) is 0 Å². The summed E-state index contributed by atoms with van der Waals surface area (Å²) in [6.45, 7) is 3.71. The lowest BCUT2D eigenvalue weighted by Gasteiger charge is -1.97. The van der Waals surface area contributed by atoms with E-state index in [-0.39, 0.29) is 11.6 Å². The lowest BCUT2D eigenvalue weighted by atomic mass is 10.1. The van der Waals surface area contributed by atoms with E-state index in [4.69, 9.17) is 0 Å². The molecule has 1 N–H and O–H groups in total. The van der Waals surface area contributed by atoms with Gasteiger partial charge in [0.05, 0.1) is 4.92 Å². The fourth-order valence-corrected chi connectivity index (χ4v) is 1.41. The second kappa shape index (κ2) is 6.40. The lowest BCUT2D eigenvalue weighted by Crippen LogP contribution is -2.20. The number of hydrogen-bond acceptors (Lipinski definition) is 3. The van der Waals surface area contributed by atoms with Crippen molar-refractivity contribution in [3.8, 4) is 11.8 Å². The average molecular weight is 246 g/mol. The maximum atomic E-state index is 10.7. The van der Waals surface area contributed by atoms with Gasteiger partial charge >= 0.3 is 0 Å². The van der Waals surface area contributed by atoms with Crippen LogP contribution in [0.25, 0.3) is 0 Å². The Kier molecular flexibility index (Phi) is 4.88. The maximum absolute atomic E-state index is 10.7. The summed E-state index contributed by atoms with van der Waals surface area (Å²) in [4.78, 5) is 20.8. The van der Waals surface area contributed by atoms with Crippen molar-refractivity contribution in [3.05, 3.63) is 39.4 Å². The molecule has 5 heteroatoms. The predicted molar refractivity (Wildman–Crippen MR) is 68.0 cm³/mol. The molecular weight excluding hydrogens is 232 g/mol. The quantitative estimate of drug-likeness (QED) is 0.382.